The van der Waals surface area contributed by atoms with Gasteiger partial charge in [-0.2, -0.15) is 0 Å². The third-order valence-electron chi connectivity index (χ3n) is 3.99. The predicted molar refractivity (Wildman–Crippen MR) is 94.8 cm³/mol. The molecule has 0 fully saturated rings. The highest BCUT2D eigenvalue weighted by Gasteiger charge is 2.43. The van der Waals surface area contributed by atoms with Crippen LogP contribution in [0.15, 0.2) is 72.8 Å². The minimum absolute atomic E-state index is 0.171. The summed E-state index contributed by atoms with van der Waals surface area (Å²) in [5, 5.41) is 26.2. The number of aliphatic hydroxyl groups is 1. The SMILES string of the molecule is O=C(Nc1ccc2ccccc2c1)C(O)(C[N+](=O)[O-])c1ccccc1. The van der Waals surface area contributed by atoms with E-state index < -0.39 is 23.0 Å². The van der Waals surface area contributed by atoms with Crippen LogP contribution in [0.5, 0.6) is 0 Å². The number of carbonyl (C=O) groups is 1. The zero-order valence-electron chi connectivity index (χ0n) is 13.3. The molecule has 1 amide bonds. The van der Waals surface area contributed by atoms with Gasteiger partial charge in [-0.05, 0) is 28.5 Å². The second-order valence-electron chi connectivity index (χ2n) is 5.73. The average Bonchev–Trinajstić information content (AvgIpc) is 2.61. The molecule has 0 heterocycles. The molecule has 0 saturated carbocycles. The van der Waals surface area contributed by atoms with Gasteiger partial charge in [0.1, 0.15) is 0 Å². The second-order valence-corrected chi connectivity index (χ2v) is 5.73. The Labute approximate surface area is 143 Å². The fraction of sp³-hybridized carbons (Fsp3) is 0.105. The summed E-state index contributed by atoms with van der Waals surface area (Å²) in [6.07, 6.45) is 0. The monoisotopic (exact) mass is 336 g/mol. The number of nitro groups is 1. The van der Waals surface area contributed by atoms with Crippen LogP contribution in [-0.2, 0) is 10.4 Å². The van der Waals surface area contributed by atoms with Crippen LogP contribution in [-0.4, -0.2) is 22.5 Å². The number of rotatable bonds is 5. The van der Waals surface area contributed by atoms with Crippen molar-refractivity contribution in [1.82, 2.24) is 0 Å². The smallest absolute Gasteiger partial charge is 0.268 e. The number of hydrogen-bond donors (Lipinski definition) is 2. The van der Waals surface area contributed by atoms with E-state index in [1.807, 2.05) is 30.3 Å². The molecule has 2 N–H and O–H groups in total. The summed E-state index contributed by atoms with van der Waals surface area (Å²) in [6, 6.07) is 20.8. The maximum absolute atomic E-state index is 12.6. The molecule has 0 aromatic heterocycles. The minimum atomic E-state index is -2.25. The lowest BCUT2D eigenvalue weighted by Gasteiger charge is -2.23. The number of benzene rings is 3. The summed E-state index contributed by atoms with van der Waals surface area (Å²) in [7, 11) is 0. The first-order valence-electron chi connectivity index (χ1n) is 7.69. The Bertz CT molecular complexity index is 927. The molecule has 6 nitrogen and oxygen atoms in total. The molecule has 1 atom stereocenters. The Morgan fingerprint density at radius 2 is 1.64 bits per heavy atom. The van der Waals surface area contributed by atoms with Crippen LogP contribution in [0.3, 0.4) is 0 Å². The Balaban J connectivity index is 1.93. The predicted octanol–water partition coefficient (Wildman–Crippen LogP) is 2.94. The summed E-state index contributed by atoms with van der Waals surface area (Å²) in [6.45, 7) is -0.920. The van der Waals surface area contributed by atoms with Crippen molar-refractivity contribution in [2.45, 2.75) is 5.60 Å². The molecule has 1 unspecified atom stereocenters. The van der Waals surface area contributed by atoms with Gasteiger partial charge in [-0.25, -0.2) is 0 Å². The van der Waals surface area contributed by atoms with E-state index in [9.17, 15) is 20.0 Å². The van der Waals surface area contributed by atoms with Crippen LogP contribution < -0.4 is 5.32 Å². The lowest BCUT2D eigenvalue weighted by molar-refractivity contribution is -0.498. The molecule has 0 spiro atoms. The van der Waals surface area contributed by atoms with E-state index in [1.165, 1.54) is 12.1 Å². The van der Waals surface area contributed by atoms with Crippen LogP contribution in [0.2, 0.25) is 0 Å². The minimum Gasteiger partial charge on any atom is -0.370 e. The van der Waals surface area contributed by atoms with Gasteiger partial charge in [-0.3, -0.25) is 14.9 Å². The van der Waals surface area contributed by atoms with Crippen molar-refractivity contribution in [3.8, 4) is 0 Å². The highest BCUT2D eigenvalue weighted by molar-refractivity contribution is 5.99. The Kier molecular flexibility index (Phi) is 4.45. The van der Waals surface area contributed by atoms with Gasteiger partial charge in [0, 0.05) is 10.6 Å². The van der Waals surface area contributed by atoms with E-state index in [0.717, 1.165) is 10.8 Å². The van der Waals surface area contributed by atoms with Crippen molar-refractivity contribution in [2.24, 2.45) is 0 Å². The van der Waals surface area contributed by atoms with Crippen LogP contribution in [0.25, 0.3) is 10.8 Å². The molecule has 0 bridgehead atoms. The summed E-state index contributed by atoms with van der Waals surface area (Å²) in [5.41, 5.74) is -1.62. The number of nitrogens with zero attached hydrogens (tertiary/aromatic N) is 1. The highest BCUT2D eigenvalue weighted by Crippen LogP contribution is 2.25. The Hall–Kier alpha value is -3.25. The molecular formula is C19H16N2O4. The maximum atomic E-state index is 12.6. The lowest BCUT2D eigenvalue weighted by Crippen LogP contribution is -2.45. The molecule has 3 aromatic rings. The molecular weight excluding hydrogens is 320 g/mol. The van der Waals surface area contributed by atoms with Crippen molar-refractivity contribution >= 4 is 22.4 Å². The summed E-state index contributed by atoms with van der Waals surface area (Å²) in [5.74, 6) is -0.842. The molecule has 3 rings (SSSR count). The van der Waals surface area contributed by atoms with E-state index in [1.54, 1.807) is 30.3 Å². The van der Waals surface area contributed by atoms with Gasteiger partial charge >= 0.3 is 0 Å². The topological polar surface area (TPSA) is 92.5 Å². The molecule has 3 aromatic carbocycles. The molecule has 0 radical (unpaired) electrons. The average molecular weight is 336 g/mol. The molecule has 25 heavy (non-hydrogen) atoms. The zero-order valence-corrected chi connectivity index (χ0v) is 13.3. The normalized spacial score (nSPS) is 13.2. The van der Waals surface area contributed by atoms with Crippen molar-refractivity contribution in [3.63, 3.8) is 0 Å². The quantitative estimate of drug-likeness (QED) is 0.553. The first-order chi connectivity index (χ1) is 12.0. The van der Waals surface area contributed by atoms with Crippen molar-refractivity contribution in [2.75, 3.05) is 11.9 Å². The Morgan fingerprint density at radius 1 is 1.00 bits per heavy atom. The third-order valence-corrected chi connectivity index (χ3v) is 3.99. The molecule has 126 valence electrons. The summed E-state index contributed by atoms with van der Waals surface area (Å²) >= 11 is 0. The Morgan fingerprint density at radius 3 is 2.32 bits per heavy atom. The number of fused-ring (bicyclic) bond motifs is 1. The standard InChI is InChI=1S/C19H16N2O4/c22-18(19(23,13-21(24)25)16-8-2-1-3-9-16)20-17-11-10-14-6-4-5-7-15(14)12-17/h1-12,23H,13H2,(H,20,22). The van der Waals surface area contributed by atoms with Crippen LogP contribution in [0.1, 0.15) is 5.56 Å². The lowest BCUT2D eigenvalue weighted by atomic mass is 9.92. The summed E-state index contributed by atoms with van der Waals surface area (Å²) in [4.78, 5) is 22.9. The van der Waals surface area contributed by atoms with E-state index in [-0.39, 0.29) is 5.56 Å². The van der Waals surface area contributed by atoms with Gasteiger partial charge in [-0.15, -0.1) is 0 Å². The number of amides is 1. The third kappa shape index (κ3) is 3.49. The van der Waals surface area contributed by atoms with Crippen LogP contribution >= 0.6 is 0 Å². The fourth-order valence-electron chi connectivity index (χ4n) is 2.70. The largest absolute Gasteiger partial charge is 0.370 e. The number of carbonyl (C=O) groups excluding carboxylic acids is 1. The molecule has 0 saturated heterocycles. The van der Waals surface area contributed by atoms with Gasteiger partial charge in [0.2, 0.25) is 12.1 Å². The molecule has 0 aliphatic carbocycles. The van der Waals surface area contributed by atoms with Crippen molar-refractivity contribution < 1.29 is 14.8 Å². The highest BCUT2D eigenvalue weighted by atomic mass is 16.6. The van der Waals surface area contributed by atoms with E-state index >= 15 is 0 Å². The van der Waals surface area contributed by atoms with Crippen molar-refractivity contribution in [1.29, 1.82) is 0 Å². The number of anilines is 1. The molecule has 6 heteroatoms. The molecule has 0 aliphatic heterocycles. The van der Waals surface area contributed by atoms with Crippen LogP contribution in [0, 0.1) is 10.1 Å². The van der Waals surface area contributed by atoms with Gasteiger partial charge in [0.05, 0.1) is 0 Å². The number of hydrogen-bond acceptors (Lipinski definition) is 4. The first-order valence-corrected chi connectivity index (χ1v) is 7.69. The first kappa shape index (κ1) is 16.6. The van der Waals surface area contributed by atoms with Gasteiger partial charge in [-0.1, -0.05) is 60.7 Å². The zero-order chi connectivity index (χ0) is 17.9. The van der Waals surface area contributed by atoms with E-state index in [2.05, 4.69) is 5.32 Å². The van der Waals surface area contributed by atoms with E-state index in [0.29, 0.717) is 5.69 Å². The van der Waals surface area contributed by atoms with Gasteiger partial charge in [0.25, 0.3) is 5.91 Å². The van der Waals surface area contributed by atoms with Crippen molar-refractivity contribution in [3.05, 3.63) is 88.5 Å². The maximum Gasteiger partial charge on any atom is 0.268 e. The number of nitrogens with one attached hydrogen (secondary N) is 1. The fourth-order valence-corrected chi connectivity index (χ4v) is 2.70. The van der Waals surface area contributed by atoms with E-state index in [4.69, 9.17) is 0 Å². The van der Waals surface area contributed by atoms with Crippen LogP contribution in [0.4, 0.5) is 5.69 Å². The summed E-state index contributed by atoms with van der Waals surface area (Å²) < 4.78 is 0. The van der Waals surface area contributed by atoms with Gasteiger partial charge < -0.3 is 10.4 Å². The molecule has 0 aliphatic rings. The second kappa shape index (κ2) is 6.70. The van der Waals surface area contributed by atoms with Gasteiger partial charge in [0.15, 0.2) is 0 Å².